The van der Waals surface area contributed by atoms with Crippen molar-refractivity contribution < 1.29 is 14.6 Å². The first-order chi connectivity index (χ1) is 13.7. The van der Waals surface area contributed by atoms with Gasteiger partial charge in [0.1, 0.15) is 16.8 Å². The second kappa shape index (κ2) is 8.68. The number of fused-ring (bicyclic) bond motifs is 1. The van der Waals surface area contributed by atoms with Crippen molar-refractivity contribution in [1.29, 1.82) is 5.26 Å². The minimum atomic E-state index is -1.04. The van der Waals surface area contributed by atoms with Crippen LogP contribution in [0.15, 0.2) is 27.7 Å². The highest BCUT2D eigenvalue weighted by Crippen LogP contribution is 2.45. The van der Waals surface area contributed by atoms with Crippen LogP contribution in [0.3, 0.4) is 0 Å². The predicted molar refractivity (Wildman–Crippen MR) is 119 cm³/mol. The Bertz CT molecular complexity index is 999. The summed E-state index contributed by atoms with van der Waals surface area (Å²) in [4.78, 5) is 16.7. The van der Waals surface area contributed by atoms with Gasteiger partial charge >= 0.3 is 5.97 Å². The lowest BCUT2D eigenvalue weighted by Gasteiger charge is -2.33. The third-order valence-electron chi connectivity index (χ3n) is 5.23. The molecule has 152 valence electrons. The fraction of sp³-hybridized carbons (Fsp3) is 0.409. The van der Waals surface area contributed by atoms with Crippen LogP contribution in [0.1, 0.15) is 48.8 Å². The van der Waals surface area contributed by atoms with Crippen molar-refractivity contribution in [2.24, 2.45) is 16.3 Å². The minimum Gasteiger partial charge on any atom is -0.481 e. The molecular formula is C22H23BrN2O3S. The van der Waals surface area contributed by atoms with Crippen LogP contribution in [-0.2, 0) is 17.6 Å². The summed E-state index contributed by atoms with van der Waals surface area (Å²) in [6.07, 6.45) is 4.62. The molecule has 3 rings (SSSR count). The summed E-state index contributed by atoms with van der Waals surface area (Å²) < 4.78 is 6.19. The van der Waals surface area contributed by atoms with Gasteiger partial charge in [-0.1, -0.05) is 36.7 Å². The number of hydrogen-bond donors (Lipinski definition) is 1. The molecule has 29 heavy (non-hydrogen) atoms. The number of carbonyl (C=O) groups is 1. The van der Waals surface area contributed by atoms with Crippen LogP contribution in [-0.4, -0.2) is 23.9 Å². The number of aliphatic carboxylic acids is 1. The van der Waals surface area contributed by atoms with Crippen molar-refractivity contribution in [1.82, 2.24) is 0 Å². The van der Waals surface area contributed by atoms with Gasteiger partial charge in [-0.15, -0.1) is 11.3 Å². The topological polar surface area (TPSA) is 82.7 Å². The lowest BCUT2D eigenvalue weighted by molar-refractivity contribution is -0.139. The number of nitriles is 1. The van der Waals surface area contributed by atoms with Crippen molar-refractivity contribution >= 4 is 44.5 Å². The number of thiophene rings is 1. The molecule has 1 aliphatic carbocycles. The standard InChI is InChI=1S/C22H23BrN2O3S/c1-22(2,3)14-4-6-16-17(10-24)21(29-19(16)9-14)25-11-13-8-15(23)5-7-18(13)28-12-20(26)27/h5,7-8,11,14H,4,6,9,12H2,1-3H3,(H,26,27)/t14-/m1/s1. The molecule has 1 atom stereocenters. The van der Waals surface area contributed by atoms with Gasteiger partial charge in [0.25, 0.3) is 0 Å². The van der Waals surface area contributed by atoms with E-state index in [1.165, 1.54) is 4.88 Å². The number of carboxylic acids is 1. The third-order valence-corrected chi connectivity index (χ3v) is 6.88. The van der Waals surface area contributed by atoms with Gasteiger partial charge in [-0.25, -0.2) is 9.79 Å². The van der Waals surface area contributed by atoms with Crippen molar-refractivity contribution in [3.63, 3.8) is 0 Å². The van der Waals surface area contributed by atoms with Crippen molar-refractivity contribution in [3.05, 3.63) is 44.2 Å². The number of carboxylic acid groups (broad SMARTS) is 1. The lowest BCUT2D eigenvalue weighted by Crippen LogP contribution is -2.26. The fourth-order valence-corrected chi connectivity index (χ4v) is 5.14. The molecule has 0 spiro atoms. The molecule has 2 aromatic rings. The number of ether oxygens (including phenoxy) is 1. The van der Waals surface area contributed by atoms with Gasteiger partial charge in [0.05, 0.1) is 5.56 Å². The van der Waals surface area contributed by atoms with E-state index >= 15 is 0 Å². The number of benzene rings is 1. The van der Waals surface area contributed by atoms with Crippen LogP contribution in [0.4, 0.5) is 5.00 Å². The smallest absolute Gasteiger partial charge is 0.341 e. The quantitative estimate of drug-likeness (QED) is 0.559. The van der Waals surface area contributed by atoms with E-state index in [1.54, 1.807) is 29.7 Å². The van der Waals surface area contributed by atoms with Gasteiger partial charge in [-0.3, -0.25) is 0 Å². The molecule has 0 saturated heterocycles. The van der Waals surface area contributed by atoms with Crippen LogP contribution in [0.2, 0.25) is 0 Å². The van der Waals surface area contributed by atoms with Crippen molar-refractivity contribution in [3.8, 4) is 11.8 Å². The van der Waals surface area contributed by atoms with Crippen LogP contribution in [0.5, 0.6) is 5.75 Å². The molecule has 1 aliphatic rings. The molecule has 1 N–H and O–H groups in total. The van der Waals surface area contributed by atoms with E-state index in [1.807, 2.05) is 6.07 Å². The zero-order chi connectivity index (χ0) is 21.2. The summed E-state index contributed by atoms with van der Waals surface area (Å²) in [6, 6.07) is 7.64. The van der Waals surface area contributed by atoms with Gasteiger partial charge < -0.3 is 9.84 Å². The maximum atomic E-state index is 10.8. The second-order valence-electron chi connectivity index (χ2n) is 8.22. The maximum Gasteiger partial charge on any atom is 0.341 e. The normalized spacial score (nSPS) is 16.4. The average molecular weight is 475 g/mol. The number of aliphatic imine (C=N–C) groups is 1. The Morgan fingerprint density at radius 1 is 1.48 bits per heavy atom. The molecule has 0 radical (unpaired) electrons. The highest BCUT2D eigenvalue weighted by Gasteiger charge is 2.32. The second-order valence-corrected chi connectivity index (χ2v) is 10.2. The average Bonchev–Trinajstić information content (AvgIpc) is 3.01. The van der Waals surface area contributed by atoms with Gasteiger partial charge in [-0.2, -0.15) is 5.26 Å². The maximum absolute atomic E-state index is 10.8. The minimum absolute atomic E-state index is 0.241. The lowest BCUT2D eigenvalue weighted by atomic mass is 9.72. The van der Waals surface area contributed by atoms with Crippen molar-refractivity contribution in [2.75, 3.05) is 6.61 Å². The van der Waals surface area contributed by atoms with E-state index in [0.717, 1.165) is 29.3 Å². The number of halogens is 1. The van der Waals surface area contributed by atoms with E-state index in [9.17, 15) is 10.1 Å². The monoisotopic (exact) mass is 474 g/mol. The van der Waals surface area contributed by atoms with Gasteiger partial charge in [0.15, 0.2) is 6.61 Å². The Labute approximate surface area is 183 Å². The van der Waals surface area contributed by atoms with Crippen LogP contribution in [0, 0.1) is 22.7 Å². The van der Waals surface area contributed by atoms with Crippen LogP contribution in [0.25, 0.3) is 0 Å². The van der Waals surface area contributed by atoms with Crippen molar-refractivity contribution in [2.45, 2.75) is 40.0 Å². The first kappa shape index (κ1) is 21.5. The summed E-state index contributed by atoms with van der Waals surface area (Å²) in [6.45, 7) is 6.39. The Morgan fingerprint density at radius 2 is 2.24 bits per heavy atom. The molecule has 0 aliphatic heterocycles. The molecule has 0 saturated carbocycles. The van der Waals surface area contributed by atoms with E-state index in [-0.39, 0.29) is 5.41 Å². The van der Waals surface area contributed by atoms with E-state index in [0.29, 0.717) is 27.8 Å². The molecule has 7 heteroatoms. The van der Waals surface area contributed by atoms with Crippen LogP contribution >= 0.6 is 27.3 Å². The summed E-state index contributed by atoms with van der Waals surface area (Å²) in [5.74, 6) is -0.00740. The Balaban J connectivity index is 1.91. The van der Waals surface area contributed by atoms with Crippen LogP contribution < -0.4 is 4.74 Å². The predicted octanol–water partition coefficient (Wildman–Crippen LogP) is 5.75. The number of rotatable bonds is 5. The molecule has 5 nitrogen and oxygen atoms in total. The molecule has 0 fully saturated rings. The first-order valence-electron chi connectivity index (χ1n) is 9.42. The molecule has 1 aromatic heterocycles. The molecule has 0 bridgehead atoms. The Hall–Kier alpha value is -2.17. The number of nitrogens with zero attached hydrogens (tertiary/aromatic N) is 2. The summed E-state index contributed by atoms with van der Waals surface area (Å²) in [7, 11) is 0. The van der Waals surface area contributed by atoms with Gasteiger partial charge in [-0.05, 0) is 54.4 Å². The highest BCUT2D eigenvalue weighted by molar-refractivity contribution is 9.10. The van der Waals surface area contributed by atoms with E-state index in [4.69, 9.17) is 9.84 Å². The number of hydrogen-bond acceptors (Lipinski definition) is 5. The zero-order valence-electron chi connectivity index (χ0n) is 16.7. The molecule has 1 aromatic carbocycles. The molecular weight excluding hydrogens is 452 g/mol. The zero-order valence-corrected chi connectivity index (χ0v) is 19.1. The fourth-order valence-electron chi connectivity index (χ4n) is 3.54. The van der Waals surface area contributed by atoms with E-state index < -0.39 is 12.6 Å². The SMILES string of the molecule is CC(C)(C)[C@@H]1CCc2c(sc(N=Cc3cc(Br)ccc3OCC(=O)O)c2C#N)C1. The van der Waals surface area contributed by atoms with Gasteiger partial charge in [0.2, 0.25) is 0 Å². The molecule has 0 unspecified atom stereocenters. The summed E-state index contributed by atoms with van der Waals surface area (Å²) in [5.41, 5.74) is 2.70. The molecule has 1 heterocycles. The Kier molecular flexibility index (Phi) is 6.45. The van der Waals surface area contributed by atoms with Gasteiger partial charge in [0, 0.05) is 21.1 Å². The largest absolute Gasteiger partial charge is 0.481 e. The highest BCUT2D eigenvalue weighted by atomic mass is 79.9. The summed E-state index contributed by atoms with van der Waals surface area (Å²) in [5, 5.41) is 19.3. The van der Waals surface area contributed by atoms with E-state index in [2.05, 4.69) is 47.8 Å². The summed E-state index contributed by atoms with van der Waals surface area (Å²) >= 11 is 5.01. The Morgan fingerprint density at radius 3 is 2.90 bits per heavy atom. The third kappa shape index (κ3) is 5.06. The molecule has 0 amide bonds. The first-order valence-corrected chi connectivity index (χ1v) is 11.0.